The molecule has 1 fully saturated rings. The molecule has 1 aromatic carbocycles. The number of hydrogen-bond donors (Lipinski definition) is 1. The fourth-order valence-electron chi connectivity index (χ4n) is 2.65. The number of rotatable bonds is 4. The van der Waals surface area contributed by atoms with Crippen molar-refractivity contribution in [2.24, 2.45) is 5.73 Å². The van der Waals surface area contributed by atoms with Crippen LogP contribution in [-0.2, 0) is 4.79 Å². The molecule has 0 spiro atoms. The molecule has 1 amide bonds. The highest BCUT2D eigenvalue weighted by Crippen LogP contribution is 2.31. The quantitative estimate of drug-likeness (QED) is 0.923. The molecule has 2 N–H and O–H groups in total. The molecule has 1 atom stereocenters. The van der Waals surface area contributed by atoms with Crippen LogP contribution in [0.5, 0.6) is 0 Å². The third-order valence-electron chi connectivity index (χ3n) is 3.60. The van der Waals surface area contributed by atoms with Gasteiger partial charge in [0.25, 0.3) is 0 Å². The monoisotopic (exact) mass is 282 g/mol. The van der Waals surface area contributed by atoms with E-state index in [9.17, 15) is 4.79 Å². The summed E-state index contributed by atoms with van der Waals surface area (Å²) in [5, 5.41) is 0. The van der Waals surface area contributed by atoms with E-state index in [1.165, 1.54) is 12.0 Å². The molecule has 1 aliphatic rings. The number of carbonyl (C=O) groups is 1. The number of piperidine rings is 1. The minimum absolute atomic E-state index is 0. The first-order chi connectivity index (χ1) is 8.83. The number of amides is 1. The lowest BCUT2D eigenvalue weighted by molar-refractivity contribution is -0.135. The van der Waals surface area contributed by atoms with Crippen LogP contribution in [0, 0.1) is 0 Å². The molecule has 0 radical (unpaired) electrons. The van der Waals surface area contributed by atoms with Crippen molar-refractivity contribution in [2.75, 3.05) is 13.1 Å². The topological polar surface area (TPSA) is 46.3 Å². The summed E-state index contributed by atoms with van der Waals surface area (Å²) in [6.45, 7) is 1.48. The van der Waals surface area contributed by atoms with Gasteiger partial charge in [-0.1, -0.05) is 30.3 Å². The average molecular weight is 283 g/mol. The van der Waals surface area contributed by atoms with E-state index in [1.807, 2.05) is 18.2 Å². The lowest BCUT2D eigenvalue weighted by Crippen LogP contribution is -2.38. The second-order valence-corrected chi connectivity index (χ2v) is 4.90. The summed E-state index contributed by atoms with van der Waals surface area (Å²) in [4.78, 5) is 14.3. The SMILES string of the molecule is Cl.NCCCC(=O)N1CCCCC1c1ccccc1. The van der Waals surface area contributed by atoms with Gasteiger partial charge in [0, 0.05) is 13.0 Å². The molecule has 0 bridgehead atoms. The Morgan fingerprint density at radius 3 is 2.68 bits per heavy atom. The zero-order chi connectivity index (χ0) is 12.8. The molecule has 1 aromatic rings. The van der Waals surface area contributed by atoms with E-state index in [0.29, 0.717) is 13.0 Å². The predicted molar refractivity (Wildman–Crippen MR) is 80.3 cm³/mol. The van der Waals surface area contributed by atoms with Crippen molar-refractivity contribution >= 4 is 18.3 Å². The van der Waals surface area contributed by atoms with E-state index in [2.05, 4.69) is 17.0 Å². The Bertz CT molecular complexity index is 383. The predicted octanol–water partition coefficient (Wildman–Crippen LogP) is 2.90. The van der Waals surface area contributed by atoms with E-state index >= 15 is 0 Å². The van der Waals surface area contributed by atoms with Crippen molar-refractivity contribution in [1.82, 2.24) is 4.90 Å². The van der Waals surface area contributed by atoms with E-state index < -0.39 is 0 Å². The Hall–Kier alpha value is -1.06. The molecule has 1 aliphatic heterocycles. The van der Waals surface area contributed by atoms with Crippen LogP contribution >= 0.6 is 12.4 Å². The van der Waals surface area contributed by atoms with Gasteiger partial charge in [-0.3, -0.25) is 4.79 Å². The second-order valence-electron chi connectivity index (χ2n) is 4.90. The lowest BCUT2D eigenvalue weighted by atomic mass is 9.95. The van der Waals surface area contributed by atoms with Crippen LogP contribution in [0.3, 0.4) is 0 Å². The van der Waals surface area contributed by atoms with Crippen molar-refractivity contribution in [3.63, 3.8) is 0 Å². The van der Waals surface area contributed by atoms with Crippen molar-refractivity contribution in [2.45, 2.75) is 38.1 Å². The maximum atomic E-state index is 12.2. The summed E-state index contributed by atoms with van der Waals surface area (Å²) in [6, 6.07) is 10.6. The highest BCUT2D eigenvalue weighted by atomic mass is 35.5. The maximum Gasteiger partial charge on any atom is 0.223 e. The zero-order valence-electron chi connectivity index (χ0n) is 11.3. The van der Waals surface area contributed by atoms with E-state index in [-0.39, 0.29) is 24.4 Å². The summed E-state index contributed by atoms with van der Waals surface area (Å²) in [7, 11) is 0. The summed E-state index contributed by atoms with van der Waals surface area (Å²) >= 11 is 0. The smallest absolute Gasteiger partial charge is 0.223 e. The van der Waals surface area contributed by atoms with Gasteiger partial charge in [-0.25, -0.2) is 0 Å². The van der Waals surface area contributed by atoms with Crippen LogP contribution in [0.25, 0.3) is 0 Å². The van der Waals surface area contributed by atoms with Gasteiger partial charge in [0.1, 0.15) is 0 Å². The Morgan fingerprint density at radius 2 is 2.00 bits per heavy atom. The first-order valence-electron chi connectivity index (χ1n) is 6.87. The van der Waals surface area contributed by atoms with Crippen LogP contribution in [0.15, 0.2) is 30.3 Å². The van der Waals surface area contributed by atoms with Crippen LogP contribution in [0.1, 0.15) is 43.7 Å². The summed E-state index contributed by atoms with van der Waals surface area (Å²) in [6.07, 6.45) is 4.78. The molecule has 0 aliphatic carbocycles. The first-order valence-corrected chi connectivity index (χ1v) is 6.87. The highest BCUT2D eigenvalue weighted by molar-refractivity contribution is 5.85. The molecule has 0 aromatic heterocycles. The largest absolute Gasteiger partial charge is 0.336 e. The van der Waals surface area contributed by atoms with Gasteiger partial charge in [0.15, 0.2) is 0 Å². The number of hydrogen-bond acceptors (Lipinski definition) is 2. The zero-order valence-corrected chi connectivity index (χ0v) is 12.1. The van der Waals surface area contributed by atoms with Gasteiger partial charge in [0.2, 0.25) is 5.91 Å². The molecule has 4 heteroatoms. The fourth-order valence-corrected chi connectivity index (χ4v) is 2.65. The summed E-state index contributed by atoms with van der Waals surface area (Å²) < 4.78 is 0. The molecule has 3 nitrogen and oxygen atoms in total. The standard InChI is InChI=1S/C15H22N2O.ClH/c16-11-6-10-15(18)17-12-5-4-9-14(17)13-7-2-1-3-8-13;/h1-3,7-8,14H,4-6,9-12,16H2;1H. The van der Waals surface area contributed by atoms with Crippen molar-refractivity contribution < 1.29 is 4.79 Å². The van der Waals surface area contributed by atoms with Gasteiger partial charge in [-0.2, -0.15) is 0 Å². The molecule has 19 heavy (non-hydrogen) atoms. The van der Waals surface area contributed by atoms with Gasteiger partial charge in [-0.15, -0.1) is 12.4 Å². The Labute approximate surface area is 121 Å². The van der Waals surface area contributed by atoms with E-state index in [4.69, 9.17) is 5.73 Å². The number of likely N-dealkylation sites (tertiary alicyclic amines) is 1. The molecule has 1 saturated heterocycles. The lowest BCUT2D eigenvalue weighted by Gasteiger charge is -2.36. The Morgan fingerprint density at radius 1 is 1.26 bits per heavy atom. The van der Waals surface area contributed by atoms with Gasteiger partial charge in [-0.05, 0) is 37.8 Å². The molecule has 106 valence electrons. The third-order valence-corrected chi connectivity index (χ3v) is 3.60. The first kappa shape index (κ1) is 16.0. The summed E-state index contributed by atoms with van der Waals surface area (Å²) in [5.74, 6) is 0.258. The maximum absolute atomic E-state index is 12.2. The molecule has 2 rings (SSSR count). The third kappa shape index (κ3) is 4.22. The molecule has 0 saturated carbocycles. The summed E-state index contributed by atoms with van der Waals surface area (Å²) in [5.41, 5.74) is 6.74. The van der Waals surface area contributed by atoms with Gasteiger partial charge in [0.05, 0.1) is 6.04 Å². The number of carbonyl (C=O) groups excluding carboxylic acids is 1. The molecule has 1 unspecified atom stereocenters. The molecule has 1 heterocycles. The van der Waals surface area contributed by atoms with Crippen LogP contribution in [-0.4, -0.2) is 23.9 Å². The van der Waals surface area contributed by atoms with Crippen molar-refractivity contribution in [1.29, 1.82) is 0 Å². The number of nitrogens with zero attached hydrogens (tertiary/aromatic N) is 1. The van der Waals surface area contributed by atoms with Crippen molar-refractivity contribution in [3.05, 3.63) is 35.9 Å². The van der Waals surface area contributed by atoms with Gasteiger partial charge < -0.3 is 10.6 Å². The van der Waals surface area contributed by atoms with Crippen LogP contribution in [0.4, 0.5) is 0 Å². The fraction of sp³-hybridized carbons (Fsp3) is 0.533. The molecular formula is C15H23ClN2O. The minimum Gasteiger partial charge on any atom is -0.336 e. The highest BCUT2D eigenvalue weighted by Gasteiger charge is 2.27. The number of halogens is 1. The van der Waals surface area contributed by atoms with Gasteiger partial charge >= 0.3 is 0 Å². The Balaban J connectivity index is 0.00000180. The minimum atomic E-state index is 0. The van der Waals surface area contributed by atoms with E-state index in [1.54, 1.807) is 0 Å². The Kier molecular flexibility index (Phi) is 6.89. The molecular weight excluding hydrogens is 260 g/mol. The normalized spacial score (nSPS) is 18.8. The van der Waals surface area contributed by atoms with E-state index in [0.717, 1.165) is 25.8 Å². The van der Waals surface area contributed by atoms with Crippen LogP contribution in [0.2, 0.25) is 0 Å². The van der Waals surface area contributed by atoms with Crippen LogP contribution < -0.4 is 5.73 Å². The average Bonchev–Trinajstić information content (AvgIpc) is 2.45. The second kappa shape index (κ2) is 8.18. The number of nitrogens with two attached hydrogens (primary N) is 1. The number of benzene rings is 1. The van der Waals surface area contributed by atoms with Crippen molar-refractivity contribution in [3.8, 4) is 0 Å².